The number of methoxy groups -OCH3 is 1. The van der Waals surface area contributed by atoms with Crippen LogP contribution in [0.4, 0.5) is 0 Å². The molecule has 1 saturated heterocycles. The smallest absolute Gasteiger partial charge is 0.305 e. The van der Waals surface area contributed by atoms with Crippen molar-refractivity contribution in [2.75, 3.05) is 33.3 Å². The van der Waals surface area contributed by atoms with Crippen LogP contribution in [-0.4, -0.2) is 49.7 Å². The Bertz CT molecular complexity index is 267. The Morgan fingerprint density at radius 1 is 1.33 bits per heavy atom. The van der Waals surface area contributed by atoms with E-state index in [9.17, 15) is 4.79 Å². The third kappa shape index (κ3) is 3.23. The summed E-state index contributed by atoms with van der Waals surface area (Å²) in [6, 6.07) is 0. The summed E-state index contributed by atoms with van der Waals surface area (Å²) >= 11 is 0. The predicted molar refractivity (Wildman–Crippen MR) is 71.5 cm³/mol. The summed E-state index contributed by atoms with van der Waals surface area (Å²) < 4.78 is 4.71. The number of hydrogen-bond donors (Lipinski definition) is 1. The predicted octanol–water partition coefficient (Wildman–Crippen LogP) is 1.55. The molecule has 4 nitrogen and oxygen atoms in total. The van der Waals surface area contributed by atoms with Gasteiger partial charge < -0.3 is 10.1 Å². The van der Waals surface area contributed by atoms with Crippen LogP contribution in [0.5, 0.6) is 0 Å². The summed E-state index contributed by atoms with van der Waals surface area (Å²) in [4.78, 5) is 13.8. The molecule has 2 aliphatic rings. The summed E-state index contributed by atoms with van der Waals surface area (Å²) in [5.41, 5.74) is 0.382. The van der Waals surface area contributed by atoms with Crippen LogP contribution in [0.2, 0.25) is 0 Å². The van der Waals surface area contributed by atoms with Crippen LogP contribution in [0.1, 0.15) is 44.9 Å². The Morgan fingerprint density at radius 2 is 2.11 bits per heavy atom. The van der Waals surface area contributed by atoms with Crippen LogP contribution in [0, 0.1) is 0 Å². The maximum absolute atomic E-state index is 11.2. The van der Waals surface area contributed by atoms with Gasteiger partial charge in [0.25, 0.3) is 0 Å². The molecule has 1 aliphatic heterocycles. The van der Waals surface area contributed by atoms with E-state index in [0.717, 1.165) is 32.6 Å². The fraction of sp³-hybridized carbons (Fsp3) is 0.929. The second kappa shape index (κ2) is 6.53. The molecule has 0 radical (unpaired) electrons. The van der Waals surface area contributed by atoms with Gasteiger partial charge in [0, 0.05) is 31.6 Å². The molecule has 1 heterocycles. The average molecular weight is 254 g/mol. The number of nitrogens with zero attached hydrogens (tertiary/aromatic N) is 1. The van der Waals surface area contributed by atoms with Crippen molar-refractivity contribution >= 4 is 5.97 Å². The van der Waals surface area contributed by atoms with Gasteiger partial charge in [0.05, 0.1) is 7.11 Å². The SMILES string of the molecule is COC(=O)CCCN1CCNCC12CCCCC2. The van der Waals surface area contributed by atoms with Crippen molar-refractivity contribution in [2.24, 2.45) is 0 Å². The lowest BCUT2D eigenvalue weighted by atomic mass is 9.79. The van der Waals surface area contributed by atoms with E-state index in [-0.39, 0.29) is 5.97 Å². The van der Waals surface area contributed by atoms with Crippen LogP contribution in [0.15, 0.2) is 0 Å². The first-order valence-electron chi connectivity index (χ1n) is 7.29. The quantitative estimate of drug-likeness (QED) is 0.773. The van der Waals surface area contributed by atoms with Gasteiger partial charge in [-0.1, -0.05) is 19.3 Å². The third-order valence-corrected chi connectivity index (χ3v) is 4.50. The third-order valence-electron chi connectivity index (χ3n) is 4.50. The molecule has 2 rings (SSSR count). The lowest BCUT2D eigenvalue weighted by Gasteiger charge is -2.50. The highest BCUT2D eigenvalue weighted by atomic mass is 16.5. The highest BCUT2D eigenvalue weighted by molar-refractivity contribution is 5.69. The molecular weight excluding hydrogens is 228 g/mol. The Kier molecular flexibility index (Phi) is 5.01. The molecule has 0 aromatic carbocycles. The number of rotatable bonds is 4. The van der Waals surface area contributed by atoms with Crippen molar-refractivity contribution in [2.45, 2.75) is 50.5 Å². The monoisotopic (exact) mass is 254 g/mol. The summed E-state index contributed by atoms with van der Waals surface area (Å²) in [7, 11) is 1.47. The summed E-state index contributed by atoms with van der Waals surface area (Å²) in [5.74, 6) is -0.0807. The number of carbonyl (C=O) groups excluding carboxylic acids is 1. The van der Waals surface area contributed by atoms with Crippen molar-refractivity contribution in [1.29, 1.82) is 0 Å². The van der Waals surface area contributed by atoms with Crippen LogP contribution in [0.25, 0.3) is 0 Å². The van der Waals surface area contributed by atoms with Gasteiger partial charge in [-0.15, -0.1) is 0 Å². The van der Waals surface area contributed by atoms with Gasteiger partial charge in [0.2, 0.25) is 0 Å². The van der Waals surface area contributed by atoms with Crippen molar-refractivity contribution < 1.29 is 9.53 Å². The molecule has 4 heteroatoms. The number of hydrogen-bond acceptors (Lipinski definition) is 4. The fourth-order valence-electron chi connectivity index (χ4n) is 3.45. The average Bonchev–Trinajstić information content (AvgIpc) is 2.42. The molecule has 1 saturated carbocycles. The summed E-state index contributed by atoms with van der Waals surface area (Å²) in [5, 5.41) is 3.55. The van der Waals surface area contributed by atoms with E-state index >= 15 is 0 Å². The first-order valence-corrected chi connectivity index (χ1v) is 7.29. The highest BCUT2D eigenvalue weighted by Gasteiger charge is 2.39. The van der Waals surface area contributed by atoms with Gasteiger partial charge in [-0.3, -0.25) is 9.69 Å². The normalized spacial score (nSPS) is 24.1. The highest BCUT2D eigenvalue weighted by Crippen LogP contribution is 2.34. The van der Waals surface area contributed by atoms with Crippen LogP contribution >= 0.6 is 0 Å². The number of piperazine rings is 1. The van der Waals surface area contributed by atoms with Gasteiger partial charge in [0.15, 0.2) is 0 Å². The second-order valence-corrected chi connectivity index (χ2v) is 5.63. The molecule has 2 fully saturated rings. The number of carbonyl (C=O) groups is 1. The minimum Gasteiger partial charge on any atom is -0.469 e. The van der Waals surface area contributed by atoms with Crippen molar-refractivity contribution in [3.63, 3.8) is 0 Å². The van der Waals surface area contributed by atoms with Gasteiger partial charge in [-0.05, 0) is 25.8 Å². The minimum atomic E-state index is -0.0807. The first kappa shape index (κ1) is 13.8. The van der Waals surface area contributed by atoms with Crippen LogP contribution in [0.3, 0.4) is 0 Å². The molecule has 104 valence electrons. The van der Waals surface area contributed by atoms with E-state index < -0.39 is 0 Å². The van der Waals surface area contributed by atoms with E-state index in [0.29, 0.717) is 12.0 Å². The van der Waals surface area contributed by atoms with E-state index in [1.807, 2.05) is 0 Å². The first-order chi connectivity index (χ1) is 8.77. The van der Waals surface area contributed by atoms with Crippen LogP contribution in [-0.2, 0) is 9.53 Å². The molecular formula is C14H26N2O2. The van der Waals surface area contributed by atoms with E-state index in [1.165, 1.54) is 39.2 Å². The Labute approximate surface area is 110 Å². The Hall–Kier alpha value is -0.610. The second-order valence-electron chi connectivity index (χ2n) is 5.63. The standard InChI is InChI=1S/C14H26N2O2/c1-18-13(17)6-5-10-16-11-9-15-12-14(16)7-3-2-4-8-14/h15H,2-12H2,1H3. The zero-order valence-electron chi connectivity index (χ0n) is 11.5. The lowest BCUT2D eigenvalue weighted by Crippen LogP contribution is -2.62. The number of esters is 1. The minimum absolute atomic E-state index is 0.0807. The lowest BCUT2D eigenvalue weighted by molar-refractivity contribution is -0.140. The Morgan fingerprint density at radius 3 is 2.83 bits per heavy atom. The summed E-state index contributed by atoms with van der Waals surface area (Å²) in [6.07, 6.45) is 8.21. The molecule has 0 aromatic rings. The maximum atomic E-state index is 11.2. The summed E-state index contributed by atoms with van der Waals surface area (Å²) in [6.45, 7) is 4.38. The molecule has 0 unspecified atom stereocenters. The zero-order chi connectivity index (χ0) is 12.8. The molecule has 0 aromatic heterocycles. The van der Waals surface area contributed by atoms with Crippen LogP contribution < -0.4 is 5.32 Å². The van der Waals surface area contributed by atoms with E-state index in [4.69, 9.17) is 4.74 Å². The fourth-order valence-corrected chi connectivity index (χ4v) is 3.45. The van der Waals surface area contributed by atoms with E-state index in [2.05, 4.69) is 10.2 Å². The van der Waals surface area contributed by atoms with Gasteiger partial charge in [-0.2, -0.15) is 0 Å². The molecule has 1 aliphatic carbocycles. The molecule has 18 heavy (non-hydrogen) atoms. The van der Waals surface area contributed by atoms with Gasteiger partial charge in [-0.25, -0.2) is 0 Å². The molecule has 0 amide bonds. The van der Waals surface area contributed by atoms with E-state index in [1.54, 1.807) is 0 Å². The topological polar surface area (TPSA) is 41.6 Å². The molecule has 0 atom stereocenters. The molecule has 1 spiro atoms. The van der Waals surface area contributed by atoms with Gasteiger partial charge in [0.1, 0.15) is 0 Å². The van der Waals surface area contributed by atoms with Gasteiger partial charge >= 0.3 is 5.97 Å². The molecule has 1 N–H and O–H groups in total. The van der Waals surface area contributed by atoms with Crippen molar-refractivity contribution in [3.8, 4) is 0 Å². The largest absolute Gasteiger partial charge is 0.469 e. The Balaban J connectivity index is 1.85. The van der Waals surface area contributed by atoms with Crippen molar-refractivity contribution in [1.82, 2.24) is 10.2 Å². The number of ether oxygens (including phenoxy) is 1. The van der Waals surface area contributed by atoms with Crippen molar-refractivity contribution in [3.05, 3.63) is 0 Å². The number of nitrogens with one attached hydrogen (secondary N) is 1. The zero-order valence-corrected chi connectivity index (χ0v) is 11.5. The maximum Gasteiger partial charge on any atom is 0.305 e. The molecule has 0 bridgehead atoms.